The molecule has 35 heavy (non-hydrogen) atoms. The molecule has 0 unspecified atom stereocenters. The number of para-hydroxylation sites is 1. The van der Waals surface area contributed by atoms with Crippen molar-refractivity contribution in [3.8, 4) is 23.0 Å². The maximum Gasteiger partial charge on any atom is 0.183 e. The van der Waals surface area contributed by atoms with Gasteiger partial charge in [0.1, 0.15) is 5.75 Å². The van der Waals surface area contributed by atoms with Crippen LogP contribution in [0.3, 0.4) is 0 Å². The molecule has 0 aliphatic heterocycles. The van der Waals surface area contributed by atoms with E-state index in [2.05, 4.69) is 20.6 Å². The van der Waals surface area contributed by atoms with E-state index in [9.17, 15) is 4.39 Å². The lowest BCUT2D eigenvalue weighted by atomic mass is 10.2. The van der Waals surface area contributed by atoms with Crippen molar-refractivity contribution in [1.29, 1.82) is 0 Å². The number of nitrogens with zero attached hydrogens (tertiary/aromatic N) is 2. The first-order valence-electron chi connectivity index (χ1n) is 11.0. The lowest BCUT2D eigenvalue weighted by Gasteiger charge is -2.12. The zero-order valence-corrected chi connectivity index (χ0v) is 20.0. The van der Waals surface area contributed by atoms with E-state index < -0.39 is 5.82 Å². The van der Waals surface area contributed by atoms with Crippen molar-refractivity contribution in [2.24, 2.45) is 0 Å². The van der Waals surface area contributed by atoms with Crippen molar-refractivity contribution in [1.82, 2.24) is 9.97 Å². The van der Waals surface area contributed by atoms with Crippen molar-refractivity contribution < 1.29 is 18.6 Å². The quantitative estimate of drug-likeness (QED) is 0.234. The van der Waals surface area contributed by atoms with Crippen molar-refractivity contribution >= 4 is 43.3 Å². The van der Waals surface area contributed by atoms with Gasteiger partial charge in [-0.15, -0.1) is 0 Å². The van der Waals surface area contributed by atoms with Crippen molar-refractivity contribution in [2.45, 2.75) is 0 Å². The molecular formula is C26H23FN4O3S. The second kappa shape index (κ2) is 10.0. The summed E-state index contributed by atoms with van der Waals surface area (Å²) in [5.74, 6) is 1.17. The molecule has 7 nitrogen and oxygen atoms in total. The van der Waals surface area contributed by atoms with E-state index in [0.29, 0.717) is 40.2 Å². The number of nitrogens with one attached hydrogen (secondary N) is 2. The fraction of sp³-hybridized carbons (Fsp3) is 0.154. The van der Waals surface area contributed by atoms with Crippen LogP contribution >= 0.6 is 11.3 Å². The molecule has 3 aromatic carbocycles. The van der Waals surface area contributed by atoms with Crippen molar-refractivity contribution in [3.63, 3.8) is 0 Å². The smallest absolute Gasteiger partial charge is 0.183 e. The Morgan fingerprint density at radius 2 is 1.60 bits per heavy atom. The number of fused-ring (bicyclic) bond motifs is 2. The number of benzene rings is 3. The van der Waals surface area contributed by atoms with E-state index in [-0.39, 0.29) is 5.75 Å². The Balaban J connectivity index is 1.34. The average Bonchev–Trinajstić information content (AvgIpc) is 3.28. The highest BCUT2D eigenvalue weighted by Gasteiger charge is 2.15. The number of pyridine rings is 1. The highest BCUT2D eigenvalue weighted by Crippen LogP contribution is 2.39. The molecule has 0 aliphatic carbocycles. The lowest BCUT2D eigenvalue weighted by molar-refractivity contribution is 0.355. The number of ether oxygens (including phenoxy) is 3. The summed E-state index contributed by atoms with van der Waals surface area (Å²) in [4.78, 5) is 8.87. The van der Waals surface area contributed by atoms with E-state index in [1.165, 1.54) is 17.4 Å². The van der Waals surface area contributed by atoms with Crippen LogP contribution in [0.15, 0.2) is 66.9 Å². The Hall–Kier alpha value is -4.11. The first-order chi connectivity index (χ1) is 17.1. The van der Waals surface area contributed by atoms with Gasteiger partial charge < -0.3 is 24.8 Å². The van der Waals surface area contributed by atoms with E-state index >= 15 is 0 Å². The van der Waals surface area contributed by atoms with E-state index in [1.54, 1.807) is 44.7 Å². The van der Waals surface area contributed by atoms with Gasteiger partial charge in [-0.2, -0.15) is 0 Å². The summed E-state index contributed by atoms with van der Waals surface area (Å²) in [7, 11) is 3.12. The zero-order chi connectivity index (χ0) is 24.2. The molecule has 0 atom stereocenters. The molecule has 178 valence electrons. The van der Waals surface area contributed by atoms with Gasteiger partial charge in [-0.05, 0) is 24.3 Å². The Morgan fingerprint density at radius 1 is 0.829 bits per heavy atom. The number of anilines is 2. The van der Waals surface area contributed by atoms with Gasteiger partial charge in [0.05, 0.1) is 30.0 Å². The topological polar surface area (TPSA) is 77.5 Å². The van der Waals surface area contributed by atoms with Crippen molar-refractivity contribution in [3.05, 3.63) is 72.7 Å². The van der Waals surface area contributed by atoms with E-state index in [0.717, 1.165) is 22.1 Å². The lowest BCUT2D eigenvalue weighted by Crippen LogP contribution is -2.13. The molecule has 0 spiro atoms. The molecule has 5 aromatic rings. The minimum atomic E-state index is -0.495. The first-order valence-corrected chi connectivity index (χ1v) is 11.8. The maximum absolute atomic E-state index is 14.9. The summed E-state index contributed by atoms with van der Waals surface area (Å²) in [5, 5.41) is 8.03. The number of hydrogen-bond acceptors (Lipinski definition) is 8. The number of thiazole rings is 1. The maximum atomic E-state index is 14.9. The molecule has 0 aliphatic rings. The minimum Gasteiger partial charge on any atom is -0.493 e. The van der Waals surface area contributed by atoms with Crippen LogP contribution < -0.4 is 24.8 Å². The normalized spacial score (nSPS) is 10.9. The number of methoxy groups -OCH3 is 2. The Bertz CT molecular complexity index is 1480. The van der Waals surface area contributed by atoms with Crippen LogP contribution in [0.1, 0.15) is 0 Å². The third kappa shape index (κ3) is 4.90. The molecule has 0 bridgehead atoms. The van der Waals surface area contributed by atoms with Crippen LogP contribution in [0.4, 0.5) is 15.2 Å². The molecule has 9 heteroatoms. The SMILES string of the molecule is COc1cc2nccc(Oc3cc4sc(NCCNc5ccccc5)nc4cc3F)c2cc1OC. The minimum absolute atomic E-state index is 0.112. The van der Waals surface area contributed by atoms with E-state index in [4.69, 9.17) is 14.2 Å². The Kier molecular flexibility index (Phi) is 6.49. The predicted molar refractivity (Wildman–Crippen MR) is 138 cm³/mol. The molecular weight excluding hydrogens is 467 g/mol. The summed E-state index contributed by atoms with van der Waals surface area (Å²) in [6, 6.07) is 18.3. The second-order valence-corrected chi connectivity index (χ2v) is 8.66. The van der Waals surface area contributed by atoms with Gasteiger partial charge in [0, 0.05) is 48.6 Å². The first kappa shape index (κ1) is 22.7. The average molecular weight is 491 g/mol. The van der Waals surface area contributed by atoms with Crippen LogP contribution in [0.25, 0.3) is 21.1 Å². The number of aromatic nitrogens is 2. The third-order valence-corrected chi connectivity index (χ3v) is 6.35. The molecule has 0 amide bonds. The summed E-state index contributed by atoms with van der Waals surface area (Å²) < 4.78 is 32.5. The van der Waals surface area contributed by atoms with Crippen LogP contribution in [0.2, 0.25) is 0 Å². The Morgan fingerprint density at radius 3 is 2.40 bits per heavy atom. The number of halogens is 1. The monoisotopic (exact) mass is 490 g/mol. The number of hydrogen-bond donors (Lipinski definition) is 2. The largest absolute Gasteiger partial charge is 0.493 e. The van der Waals surface area contributed by atoms with Gasteiger partial charge >= 0.3 is 0 Å². The number of rotatable bonds is 9. The molecule has 2 aromatic heterocycles. The van der Waals surface area contributed by atoms with Crippen LogP contribution in [-0.2, 0) is 0 Å². The Labute approximate surface area is 205 Å². The van der Waals surface area contributed by atoms with Gasteiger partial charge in [-0.25, -0.2) is 9.37 Å². The van der Waals surface area contributed by atoms with Gasteiger partial charge in [-0.1, -0.05) is 29.5 Å². The van der Waals surface area contributed by atoms with Crippen LogP contribution in [0.5, 0.6) is 23.0 Å². The predicted octanol–water partition coefficient (Wildman–Crippen LogP) is 6.32. The summed E-state index contributed by atoms with van der Waals surface area (Å²) in [6.45, 7) is 1.40. The summed E-state index contributed by atoms with van der Waals surface area (Å²) >= 11 is 1.45. The van der Waals surface area contributed by atoms with E-state index in [1.807, 2.05) is 30.3 Å². The highest BCUT2D eigenvalue weighted by atomic mass is 32.1. The molecule has 0 saturated carbocycles. The third-order valence-electron chi connectivity index (χ3n) is 5.37. The molecule has 0 fully saturated rings. The molecule has 0 saturated heterocycles. The molecule has 2 N–H and O–H groups in total. The summed E-state index contributed by atoms with van der Waals surface area (Å²) in [6.07, 6.45) is 1.61. The summed E-state index contributed by atoms with van der Waals surface area (Å²) in [5.41, 5.74) is 2.28. The van der Waals surface area contributed by atoms with Gasteiger partial charge in [0.25, 0.3) is 0 Å². The van der Waals surface area contributed by atoms with Crippen LogP contribution in [-0.4, -0.2) is 37.3 Å². The zero-order valence-electron chi connectivity index (χ0n) is 19.2. The standard InChI is InChI=1S/C26H23FN4O3S/c1-32-23-12-17-19(14-24(23)33-2)29-9-8-21(17)34-22-15-25-20(13-18(22)27)31-26(35-25)30-11-10-28-16-6-4-3-5-7-16/h3-9,12-15,28H,10-11H2,1-2H3,(H,30,31). The molecule has 5 rings (SSSR count). The fourth-order valence-corrected chi connectivity index (χ4v) is 4.57. The molecule has 2 heterocycles. The van der Waals surface area contributed by atoms with Gasteiger partial charge in [-0.3, -0.25) is 4.98 Å². The fourth-order valence-electron chi connectivity index (χ4n) is 3.67. The second-order valence-electron chi connectivity index (χ2n) is 7.62. The molecule has 0 radical (unpaired) electrons. The van der Waals surface area contributed by atoms with Gasteiger partial charge in [0.2, 0.25) is 0 Å². The van der Waals surface area contributed by atoms with Gasteiger partial charge in [0.15, 0.2) is 28.2 Å². The highest BCUT2D eigenvalue weighted by molar-refractivity contribution is 7.22. The van der Waals surface area contributed by atoms with Crippen molar-refractivity contribution in [2.75, 3.05) is 37.9 Å². The van der Waals surface area contributed by atoms with Crippen LogP contribution in [0, 0.1) is 5.82 Å².